The van der Waals surface area contributed by atoms with Crippen molar-refractivity contribution in [3.63, 3.8) is 0 Å². The van der Waals surface area contributed by atoms with Gasteiger partial charge in [-0.15, -0.1) is 0 Å². The molecule has 0 unspecified atom stereocenters. The highest BCUT2D eigenvalue weighted by Gasteiger charge is 2.15. The molecule has 0 N–H and O–H groups in total. The van der Waals surface area contributed by atoms with Crippen molar-refractivity contribution in [3.8, 4) is 0 Å². The van der Waals surface area contributed by atoms with Gasteiger partial charge in [-0.05, 0) is 48.6 Å². The number of hydrogen-bond acceptors (Lipinski definition) is 1. The second-order valence-electron chi connectivity index (χ2n) is 5.67. The fourth-order valence-electron chi connectivity index (χ4n) is 2.87. The minimum Gasteiger partial charge on any atom is -0.298 e. The molecule has 104 valence electrons. The number of fused-ring (bicyclic) bond motifs is 1. The van der Waals surface area contributed by atoms with Gasteiger partial charge in [0.15, 0.2) is 0 Å². The summed E-state index contributed by atoms with van der Waals surface area (Å²) in [6.07, 6.45) is 2.27. The van der Waals surface area contributed by atoms with Crippen LogP contribution in [0.4, 0.5) is 0 Å². The first-order valence-electron chi connectivity index (χ1n) is 7.26. The molecule has 0 fully saturated rings. The topological polar surface area (TPSA) is 3.24 Å². The van der Waals surface area contributed by atoms with Gasteiger partial charge in [-0.3, -0.25) is 4.90 Å². The number of hydrogen-bond donors (Lipinski definition) is 0. The maximum atomic E-state index is 5.92. The molecule has 0 bridgehead atoms. The molecule has 2 aromatic rings. The number of benzene rings is 2. The molecule has 0 aliphatic carbocycles. The van der Waals surface area contributed by atoms with Gasteiger partial charge in [-0.2, -0.15) is 0 Å². The Morgan fingerprint density at radius 3 is 2.65 bits per heavy atom. The van der Waals surface area contributed by atoms with Crippen LogP contribution in [-0.2, 0) is 19.4 Å². The summed E-state index contributed by atoms with van der Waals surface area (Å²) < 4.78 is 0. The first-order chi connectivity index (χ1) is 9.70. The average molecular weight is 286 g/mol. The van der Waals surface area contributed by atoms with Crippen LogP contribution in [0, 0.1) is 6.92 Å². The second kappa shape index (κ2) is 5.99. The van der Waals surface area contributed by atoms with Crippen LogP contribution in [0.3, 0.4) is 0 Å². The van der Waals surface area contributed by atoms with Crippen LogP contribution >= 0.6 is 11.6 Å². The summed E-state index contributed by atoms with van der Waals surface area (Å²) in [5.74, 6) is 0. The smallest absolute Gasteiger partial charge is 0.0406 e. The molecule has 20 heavy (non-hydrogen) atoms. The third-order valence-corrected chi connectivity index (χ3v) is 4.34. The Labute approximate surface area is 126 Å². The molecule has 1 aliphatic rings. The van der Waals surface area contributed by atoms with Gasteiger partial charge >= 0.3 is 0 Å². The van der Waals surface area contributed by atoms with Crippen molar-refractivity contribution in [1.82, 2.24) is 4.90 Å². The number of aryl methyl sites for hydroxylation is 1. The molecule has 2 heteroatoms. The van der Waals surface area contributed by atoms with E-state index in [9.17, 15) is 0 Å². The van der Waals surface area contributed by atoms with Gasteiger partial charge in [0, 0.05) is 24.7 Å². The lowest BCUT2D eigenvalue weighted by atomic mass is 9.97. The fourth-order valence-corrected chi connectivity index (χ4v) is 3.00. The predicted octanol–water partition coefficient (Wildman–Crippen LogP) is 4.25. The summed E-state index contributed by atoms with van der Waals surface area (Å²) in [5, 5.41) is 0.816. The maximum Gasteiger partial charge on any atom is 0.0406 e. The zero-order chi connectivity index (χ0) is 13.9. The molecule has 0 radical (unpaired) electrons. The summed E-state index contributed by atoms with van der Waals surface area (Å²) in [5.41, 5.74) is 5.76. The van der Waals surface area contributed by atoms with Gasteiger partial charge in [-0.25, -0.2) is 0 Å². The quantitative estimate of drug-likeness (QED) is 0.815. The molecule has 1 nitrogen and oxygen atoms in total. The van der Waals surface area contributed by atoms with Crippen LogP contribution in [0.5, 0.6) is 0 Å². The van der Waals surface area contributed by atoms with Crippen molar-refractivity contribution in [2.75, 3.05) is 13.1 Å². The van der Waals surface area contributed by atoms with Crippen molar-refractivity contribution in [1.29, 1.82) is 0 Å². The molecule has 3 rings (SSSR count). The molecular weight excluding hydrogens is 266 g/mol. The fraction of sp³-hybridized carbons (Fsp3) is 0.333. The zero-order valence-electron chi connectivity index (χ0n) is 11.9. The Kier molecular flexibility index (Phi) is 4.09. The van der Waals surface area contributed by atoms with Crippen molar-refractivity contribution in [2.45, 2.75) is 26.3 Å². The van der Waals surface area contributed by atoms with E-state index < -0.39 is 0 Å². The average Bonchev–Trinajstić information content (AvgIpc) is 2.46. The van der Waals surface area contributed by atoms with Crippen molar-refractivity contribution < 1.29 is 0 Å². The molecule has 0 aromatic heterocycles. The van der Waals surface area contributed by atoms with E-state index in [0.717, 1.165) is 24.5 Å². The molecule has 0 spiro atoms. The Morgan fingerprint density at radius 2 is 1.85 bits per heavy atom. The molecule has 0 atom stereocenters. The van der Waals surface area contributed by atoms with Crippen LogP contribution in [0.1, 0.15) is 22.3 Å². The van der Waals surface area contributed by atoms with Gasteiger partial charge in [0.1, 0.15) is 0 Å². The maximum absolute atomic E-state index is 5.92. The number of rotatable bonds is 3. The first-order valence-corrected chi connectivity index (χ1v) is 7.64. The van der Waals surface area contributed by atoms with E-state index >= 15 is 0 Å². The first kappa shape index (κ1) is 13.7. The minimum atomic E-state index is 0.816. The highest BCUT2D eigenvalue weighted by atomic mass is 35.5. The predicted molar refractivity (Wildman–Crippen MR) is 85.3 cm³/mol. The summed E-state index contributed by atoms with van der Waals surface area (Å²) in [6.45, 7) is 5.55. The van der Waals surface area contributed by atoms with Gasteiger partial charge in [-0.1, -0.05) is 47.5 Å². The van der Waals surface area contributed by atoms with E-state index in [1.807, 2.05) is 12.1 Å². The van der Waals surface area contributed by atoms with Gasteiger partial charge in [0.25, 0.3) is 0 Å². The lowest BCUT2D eigenvalue weighted by Gasteiger charge is -2.29. The zero-order valence-corrected chi connectivity index (χ0v) is 12.7. The van der Waals surface area contributed by atoms with Crippen LogP contribution < -0.4 is 0 Å². The number of nitrogens with zero attached hydrogens (tertiary/aromatic N) is 1. The van der Waals surface area contributed by atoms with Crippen molar-refractivity contribution >= 4 is 11.6 Å². The SMILES string of the molecule is Cc1ccc2c(c1)CN(CCc1ccc(Cl)cc1)CC2. The second-order valence-corrected chi connectivity index (χ2v) is 6.11. The highest BCUT2D eigenvalue weighted by Crippen LogP contribution is 2.20. The molecule has 0 saturated carbocycles. The van der Waals surface area contributed by atoms with Crippen LogP contribution in [0.15, 0.2) is 42.5 Å². The van der Waals surface area contributed by atoms with Crippen LogP contribution in [-0.4, -0.2) is 18.0 Å². The number of halogens is 1. The molecule has 0 saturated heterocycles. The lowest BCUT2D eigenvalue weighted by Crippen LogP contribution is -2.32. The van der Waals surface area contributed by atoms with E-state index in [-0.39, 0.29) is 0 Å². The third-order valence-electron chi connectivity index (χ3n) is 4.08. The summed E-state index contributed by atoms with van der Waals surface area (Å²) in [4.78, 5) is 2.55. The van der Waals surface area contributed by atoms with Crippen LogP contribution in [0.25, 0.3) is 0 Å². The van der Waals surface area contributed by atoms with Gasteiger partial charge in [0.05, 0.1) is 0 Å². The largest absolute Gasteiger partial charge is 0.298 e. The van der Waals surface area contributed by atoms with Crippen molar-refractivity contribution in [3.05, 3.63) is 69.7 Å². The van der Waals surface area contributed by atoms with E-state index in [1.165, 1.54) is 35.2 Å². The third kappa shape index (κ3) is 3.23. The standard InChI is InChI=1S/C18H20ClN/c1-14-2-5-16-9-11-20(13-17(16)12-14)10-8-15-3-6-18(19)7-4-15/h2-7,12H,8-11,13H2,1H3. The molecule has 1 aliphatic heterocycles. The Balaban J connectivity index is 1.61. The summed E-state index contributed by atoms with van der Waals surface area (Å²) in [7, 11) is 0. The molecule has 0 amide bonds. The van der Waals surface area contributed by atoms with E-state index in [0.29, 0.717) is 0 Å². The van der Waals surface area contributed by atoms with Gasteiger partial charge in [0.2, 0.25) is 0 Å². The normalized spacial score (nSPS) is 15.1. The van der Waals surface area contributed by atoms with Gasteiger partial charge < -0.3 is 0 Å². The Bertz CT molecular complexity index is 589. The Hall–Kier alpha value is -1.31. The molecule has 2 aromatic carbocycles. The van der Waals surface area contributed by atoms with E-state index in [4.69, 9.17) is 11.6 Å². The van der Waals surface area contributed by atoms with Crippen molar-refractivity contribution in [2.24, 2.45) is 0 Å². The monoisotopic (exact) mass is 285 g/mol. The Morgan fingerprint density at radius 1 is 1.05 bits per heavy atom. The summed E-state index contributed by atoms with van der Waals surface area (Å²) in [6, 6.07) is 15.1. The molecular formula is C18H20ClN. The van der Waals surface area contributed by atoms with E-state index in [2.05, 4.69) is 42.2 Å². The lowest BCUT2D eigenvalue weighted by molar-refractivity contribution is 0.257. The highest BCUT2D eigenvalue weighted by molar-refractivity contribution is 6.30. The molecule has 1 heterocycles. The van der Waals surface area contributed by atoms with Crippen LogP contribution in [0.2, 0.25) is 5.02 Å². The van der Waals surface area contributed by atoms with E-state index in [1.54, 1.807) is 0 Å². The minimum absolute atomic E-state index is 0.816. The summed E-state index contributed by atoms with van der Waals surface area (Å²) >= 11 is 5.92.